The number of Topliss-reactive ketones (excluding diaryl/α,β-unsaturated/α-hetero) is 1. The molecule has 3 nitrogen and oxygen atoms in total. The SMILES string of the molecule is CCN1c2ccc(C)cc2C2=C3C(=C(Nc4ccc(C)cc4)C=CC31)C(=O)c1ccccc12. The summed E-state index contributed by atoms with van der Waals surface area (Å²) in [7, 11) is 0. The number of carbonyl (C=O) groups is 1. The lowest BCUT2D eigenvalue weighted by atomic mass is 9.71. The number of benzene rings is 3. The zero-order chi connectivity index (χ0) is 22.7. The first-order valence-corrected chi connectivity index (χ1v) is 11.6. The molecule has 2 aliphatic carbocycles. The van der Waals surface area contributed by atoms with E-state index in [4.69, 9.17) is 0 Å². The van der Waals surface area contributed by atoms with E-state index in [0.717, 1.165) is 40.2 Å². The van der Waals surface area contributed by atoms with Crippen molar-refractivity contribution in [1.29, 1.82) is 0 Å². The molecule has 0 saturated heterocycles. The van der Waals surface area contributed by atoms with Crippen LogP contribution in [0.15, 0.2) is 95.7 Å². The van der Waals surface area contributed by atoms with Crippen LogP contribution in [-0.4, -0.2) is 18.4 Å². The molecule has 33 heavy (non-hydrogen) atoms. The molecule has 0 spiro atoms. The molecular formula is C30H26N2O. The first-order chi connectivity index (χ1) is 16.1. The minimum atomic E-state index is 0.0380. The lowest BCUT2D eigenvalue weighted by molar-refractivity contribution is 0.103. The molecule has 1 aliphatic heterocycles. The van der Waals surface area contributed by atoms with Gasteiger partial charge in [0.1, 0.15) is 0 Å². The molecule has 0 aromatic heterocycles. The Bertz CT molecular complexity index is 1410. The van der Waals surface area contributed by atoms with Gasteiger partial charge in [-0.3, -0.25) is 4.79 Å². The van der Waals surface area contributed by atoms with Crippen LogP contribution in [0.1, 0.15) is 39.5 Å². The molecule has 1 unspecified atom stereocenters. The molecular weight excluding hydrogens is 404 g/mol. The highest BCUT2D eigenvalue weighted by Crippen LogP contribution is 2.50. The highest BCUT2D eigenvalue weighted by Gasteiger charge is 2.42. The van der Waals surface area contributed by atoms with Crippen LogP contribution >= 0.6 is 0 Å². The summed E-state index contributed by atoms with van der Waals surface area (Å²) in [5.41, 5.74) is 11.7. The number of anilines is 2. The topological polar surface area (TPSA) is 32.3 Å². The molecule has 1 heterocycles. The van der Waals surface area contributed by atoms with Gasteiger partial charge in [0.05, 0.1) is 11.6 Å². The first-order valence-electron chi connectivity index (χ1n) is 11.6. The highest BCUT2D eigenvalue weighted by atomic mass is 16.1. The van der Waals surface area contributed by atoms with Crippen LogP contribution in [0, 0.1) is 13.8 Å². The van der Waals surface area contributed by atoms with Crippen LogP contribution in [-0.2, 0) is 0 Å². The van der Waals surface area contributed by atoms with E-state index in [-0.39, 0.29) is 11.8 Å². The number of likely N-dealkylation sites (N-methyl/N-ethyl adjacent to an activating group) is 1. The summed E-state index contributed by atoms with van der Waals surface area (Å²) in [6.45, 7) is 7.27. The van der Waals surface area contributed by atoms with Gasteiger partial charge in [-0.2, -0.15) is 0 Å². The third kappa shape index (κ3) is 2.92. The molecule has 3 aromatic carbocycles. The fourth-order valence-electron chi connectivity index (χ4n) is 5.42. The number of allylic oxidation sites excluding steroid dienone is 1. The Morgan fingerprint density at radius 1 is 0.848 bits per heavy atom. The maximum absolute atomic E-state index is 13.9. The van der Waals surface area contributed by atoms with Crippen molar-refractivity contribution in [3.8, 4) is 0 Å². The number of rotatable bonds is 3. The van der Waals surface area contributed by atoms with E-state index in [1.54, 1.807) is 0 Å². The number of aryl methyl sites for hydroxylation is 2. The Hall–Kier alpha value is -3.85. The Morgan fingerprint density at radius 2 is 1.58 bits per heavy atom. The fraction of sp³-hybridized carbons (Fsp3) is 0.167. The summed E-state index contributed by atoms with van der Waals surface area (Å²) in [5, 5.41) is 3.55. The fourth-order valence-corrected chi connectivity index (χ4v) is 5.42. The third-order valence-electron chi connectivity index (χ3n) is 6.95. The molecule has 1 N–H and O–H groups in total. The van der Waals surface area contributed by atoms with Crippen LogP contribution in [0.2, 0.25) is 0 Å². The summed E-state index contributed by atoms with van der Waals surface area (Å²) in [4.78, 5) is 16.3. The van der Waals surface area contributed by atoms with Crippen molar-refractivity contribution in [2.75, 3.05) is 16.8 Å². The van der Waals surface area contributed by atoms with Gasteiger partial charge >= 0.3 is 0 Å². The lowest BCUT2D eigenvalue weighted by Crippen LogP contribution is -2.43. The van der Waals surface area contributed by atoms with E-state index in [0.29, 0.717) is 0 Å². The maximum atomic E-state index is 13.9. The highest BCUT2D eigenvalue weighted by molar-refractivity contribution is 6.22. The molecule has 162 valence electrons. The molecule has 1 atom stereocenters. The average molecular weight is 431 g/mol. The normalized spacial score (nSPS) is 18.2. The van der Waals surface area contributed by atoms with Crippen LogP contribution in [0.4, 0.5) is 11.4 Å². The molecule has 0 amide bonds. The van der Waals surface area contributed by atoms with Gasteiger partial charge in [0, 0.05) is 40.3 Å². The maximum Gasteiger partial charge on any atom is 0.196 e. The van der Waals surface area contributed by atoms with E-state index in [9.17, 15) is 4.79 Å². The zero-order valence-corrected chi connectivity index (χ0v) is 19.1. The minimum Gasteiger partial charge on any atom is -0.361 e. The molecule has 0 bridgehead atoms. The van der Waals surface area contributed by atoms with E-state index in [1.807, 2.05) is 18.2 Å². The Labute approximate surface area is 194 Å². The number of hydrogen-bond acceptors (Lipinski definition) is 3. The molecule has 3 aromatic rings. The molecule has 0 fully saturated rings. The third-order valence-corrected chi connectivity index (χ3v) is 6.95. The molecule has 6 rings (SSSR count). The smallest absolute Gasteiger partial charge is 0.196 e. The van der Waals surface area contributed by atoms with Crippen molar-refractivity contribution in [2.45, 2.75) is 26.8 Å². The van der Waals surface area contributed by atoms with Gasteiger partial charge in [-0.25, -0.2) is 0 Å². The second kappa shape index (κ2) is 7.35. The summed E-state index contributed by atoms with van der Waals surface area (Å²) < 4.78 is 0. The molecule has 0 saturated carbocycles. The average Bonchev–Trinajstić information content (AvgIpc) is 2.83. The second-order valence-corrected chi connectivity index (χ2v) is 9.05. The summed E-state index contributed by atoms with van der Waals surface area (Å²) >= 11 is 0. The van der Waals surface area contributed by atoms with E-state index >= 15 is 0 Å². The lowest BCUT2D eigenvalue weighted by Gasteiger charge is -2.44. The van der Waals surface area contributed by atoms with Gasteiger partial charge < -0.3 is 10.2 Å². The van der Waals surface area contributed by atoms with E-state index in [2.05, 4.69) is 91.7 Å². The standard InChI is InChI=1S/C30H26N2O/c1-4-32-25-15-11-19(3)17-23(25)27-21-7-5-6-8-22(21)30(33)28-24(14-16-26(32)29(27)28)31-20-12-9-18(2)10-13-20/h5-17,26,31H,4H2,1-3H3. The van der Waals surface area contributed by atoms with Crippen LogP contribution in [0.25, 0.3) is 5.57 Å². The predicted octanol–water partition coefficient (Wildman–Crippen LogP) is 6.45. The van der Waals surface area contributed by atoms with Crippen LogP contribution in [0.3, 0.4) is 0 Å². The van der Waals surface area contributed by atoms with Gasteiger partial charge in [0.25, 0.3) is 0 Å². The number of fused-ring (bicyclic) bond motifs is 4. The molecule has 3 heteroatoms. The second-order valence-electron chi connectivity index (χ2n) is 9.05. The monoisotopic (exact) mass is 430 g/mol. The molecule has 3 aliphatic rings. The van der Waals surface area contributed by atoms with Crippen molar-refractivity contribution in [2.24, 2.45) is 0 Å². The summed E-state index contributed by atoms with van der Waals surface area (Å²) in [6, 6.07) is 23.1. The minimum absolute atomic E-state index is 0.0380. The largest absolute Gasteiger partial charge is 0.361 e. The van der Waals surface area contributed by atoms with Crippen molar-refractivity contribution < 1.29 is 4.79 Å². The number of ketones is 1. The van der Waals surface area contributed by atoms with Gasteiger partial charge in [-0.05, 0) is 62.2 Å². The summed E-state index contributed by atoms with van der Waals surface area (Å²) in [5.74, 6) is 0.0977. The summed E-state index contributed by atoms with van der Waals surface area (Å²) in [6.07, 6.45) is 4.33. The molecule has 0 radical (unpaired) electrons. The van der Waals surface area contributed by atoms with E-state index in [1.165, 1.54) is 28.0 Å². The van der Waals surface area contributed by atoms with Gasteiger partial charge in [-0.1, -0.05) is 59.7 Å². The van der Waals surface area contributed by atoms with Gasteiger partial charge in [0.15, 0.2) is 5.78 Å². The van der Waals surface area contributed by atoms with Crippen molar-refractivity contribution >= 4 is 22.7 Å². The van der Waals surface area contributed by atoms with Crippen LogP contribution in [0.5, 0.6) is 0 Å². The van der Waals surface area contributed by atoms with Crippen molar-refractivity contribution in [3.05, 3.63) is 124 Å². The number of nitrogens with zero attached hydrogens (tertiary/aromatic N) is 1. The number of carbonyl (C=O) groups excluding carboxylic acids is 1. The zero-order valence-electron chi connectivity index (χ0n) is 19.1. The Balaban J connectivity index is 1.65. The van der Waals surface area contributed by atoms with Gasteiger partial charge in [0.2, 0.25) is 0 Å². The number of hydrogen-bond donors (Lipinski definition) is 1. The number of nitrogens with one attached hydrogen (secondary N) is 1. The first kappa shape index (κ1) is 19.8. The van der Waals surface area contributed by atoms with Crippen LogP contribution < -0.4 is 10.2 Å². The van der Waals surface area contributed by atoms with Crippen molar-refractivity contribution in [3.63, 3.8) is 0 Å². The Kier molecular flexibility index (Phi) is 4.41. The van der Waals surface area contributed by atoms with Crippen molar-refractivity contribution in [1.82, 2.24) is 0 Å². The van der Waals surface area contributed by atoms with E-state index < -0.39 is 0 Å². The van der Waals surface area contributed by atoms with Gasteiger partial charge in [-0.15, -0.1) is 0 Å². The predicted molar refractivity (Wildman–Crippen MR) is 136 cm³/mol. The Morgan fingerprint density at radius 3 is 2.33 bits per heavy atom. The quantitative estimate of drug-likeness (QED) is 0.518.